The number of rotatable bonds is 8. The van der Waals surface area contributed by atoms with Gasteiger partial charge in [-0.15, -0.1) is 11.3 Å². The molecule has 0 bridgehead atoms. The minimum atomic E-state index is -3.61. The van der Waals surface area contributed by atoms with Crippen LogP contribution in [0.2, 0.25) is 0 Å². The highest BCUT2D eigenvalue weighted by Gasteiger charge is 2.32. The molecule has 0 radical (unpaired) electrons. The smallest absolute Gasteiger partial charge is 0.240 e. The van der Waals surface area contributed by atoms with Gasteiger partial charge in [-0.3, -0.25) is 4.90 Å². The molecule has 0 unspecified atom stereocenters. The van der Waals surface area contributed by atoms with Gasteiger partial charge in [0.05, 0.1) is 18.0 Å². The highest BCUT2D eigenvalue weighted by molar-refractivity contribution is 7.89. The van der Waals surface area contributed by atoms with Crippen molar-refractivity contribution in [3.05, 3.63) is 76.5 Å². The van der Waals surface area contributed by atoms with Crippen LogP contribution >= 0.6 is 11.3 Å². The Morgan fingerprint density at radius 1 is 0.970 bits per heavy atom. The number of aryl methyl sites for hydroxylation is 1. The second-order valence-electron chi connectivity index (χ2n) is 8.40. The standard InChI is InChI=1S/C25H31N3O3S2/c1-19-6-12-23(13-7-19)33(29,30)26-20(2)25(24-5-4-18-32-24)28-16-14-27(15-17-28)21-8-10-22(31-3)11-9-21/h4-13,18,20,25-26H,14-17H2,1-3H3/t20-,25-/m1/s1. The summed E-state index contributed by atoms with van der Waals surface area (Å²) < 4.78 is 34.3. The normalized spacial score (nSPS) is 17.0. The summed E-state index contributed by atoms with van der Waals surface area (Å²) in [6, 6.07) is 19.0. The Kier molecular flexibility index (Phi) is 7.38. The van der Waals surface area contributed by atoms with Gasteiger partial charge >= 0.3 is 0 Å². The first-order valence-electron chi connectivity index (χ1n) is 11.1. The third-order valence-corrected chi connectivity index (χ3v) is 8.64. The van der Waals surface area contributed by atoms with Crippen LogP contribution in [0.4, 0.5) is 5.69 Å². The van der Waals surface area contributed by atoms with Gasteiger partial charge in [0.25, 0.3) is 0 Å². The molecule has 2 atom stereocenters. The molecule has 1 fully saturated rings. The minimum Gasteiger partial charge on any atom is -0.497 e. The lowest BCUT2D eigenvalue weighted by molar-refractivity contribution is 0.164. The zero-order valence-corrected chi connectivity index (χ0v) is 20.9. The third kappa shape index (κ3) is 5.58. The lowest BCUT2D eigenvalue weighted by atomic mass is 10.1. The van der Waals surface area contributed by atoms with E-state index in [-0.39, 0.29) is 12.1 Å². The summed E-state index contributed by atoms with van der Waals surface area (Å²) in [7, 11) is -1.93. The fraction of sp³-hybridized carbons (Fsp3) is 0.360. The van der Waals surface area contributed by atoms with Crippen molar-refractivity contribution in [3.8, 4) is 5.75 Å². The van der Waals surface area contributed by atoms with Crippen LogP contribution in [-0.4, -0.2) is 52.6 Å². The number of methoxy groups -OCH3 is 1. The van der Waals surface area contributed by atoms with Crippen molar-refractivity contribution in [3.63, 3.8) is 0 Å². The Morgan fingerprint density at radius 3 is 2.21 bits per heavy atom. The number of thiophene rings is 1. The monoisotopic (exact) mass is 485 g/mol. The maximum Gasteiger partial charge on any atom is 0.240 e. The molecule has 2 heterocycles. The van der Waals surface area contributed by atoms with Crippen molar-refractivity contribution < 1.29 is 13.2 Å². The summed E-state index contributed by atoms with van der Waals surface area (Å²) >= 11 is 1.67. The summed E-state index contributed by atoms with van der Waals surface area (Å²) in [6.07, 6.45) is 0. The van der Waals surface area contributed by atoms with E-state index >= 15 is 0 Å². The van der Waals surface area contributed by atoms with E-state index in [0.29, 0.717) is 4.90 Å². The van der Waals surface area contributed by atoms with Crippen molar-refractivity contribution >= 4 is 27.0 Å². The molecule has 8 heteroatoms. The summed E-state index contributed by atoms with van der Waals surface area (Å²) in [5, 5.41) is 2.05. The predicted molar refractivity (Wildman–Crippen MR) is 135 cm³/mol. The van der Waals surface area contributed by atoms with Crippen molar-refractivity contribution in [2.45, 2.75) is 30.8 Å². The molecule has 176 valence electrons. The van der Waals surface area contributed by atoms with E-state index in [1.807, 2.05) is 44.2 Å². The van der Waals surface area contributed by atoms with Crippen LogP contribution in [0.1, 0.15) is 23.4 Å². The van der Waals surface area contributed by atoms with E-state index in [2.05, 4.69) is 38.1 Å². The molecule has 0 aliphatic carbocycles. The van der Waals surface area contributed by atoms with Gasteiger partial charge in [-0.2, -0.15) is 0 Å². The molecular weight excluding hydrogens is 454 g/mol. The molecule has 6 nitrogen and oxygen atoms in total. The van der Waals surface area contributed by atoms with Gasteiger partial charge in [0.2, 0.25) is 10.0 Å². The van der Waals surface area contributed by atoms with Gasteiger partial charge in [0.15, 0.2) is 0 Å². The number of benzene rings is 2. The molecule has 1 aromatic heterocycles. The Morgan fingerprint density at radius 2 is 1.64 bits per heavy atom. The minimum absolute atomic E-state index is 0.0248. The fourth-order valence-corrected chi connectivity index (χ4v) is 6.56. The first kappa shape index (κ1) is 23.8. The first-order valence-corrected chi connectivity index (χ1v) is 13.5. The molecule has 2 aromatic carbocycles. The molecule has 1 saturated heterocycles. The van der Waals surface area contributed by atoms with Crippen LogP contribution in [0.15, 0.2) is 70.9 Å². The molecule has 0 spiro atoms. The molecule has 3 aromatic rings. The summed E-state index contributed by atoms with van der Waals surface area (Å²) in [6.45, 7) is 7.38. The van der Waals surface area contributed by atoms with E-state index in [4.69, 9.17) is 4.74 Å². The summed E-state index contributed by atoms with van der Waals surface area (Å²) in [5.41, 5.74) is 2.21. The number of ether oxygens (including phenoxy) is 1. The third-order valence-electron chi connectivity index (χ3n) is 6.13. The van der Waals surface area contributed by atoms with E-state index < -0.39 is 10.0 Å². The van der Waals surface area contributed by atoms with Gasteiger partial charge in [-0.05, 0) is 61.7 Å². The summed E-state index contributed by atoms with van der Waals surface area (Å²) in [4.78, 5) is 6.23. The quantitative estimate of drug-likeness (QED) is 0.516. The number of sulfonamides is 1. The number of nitrogens with zero attached hydrogens (tertiary/aromatic N) is 2. The number of hydrogen-bond acceptors (Lipinski definition) is 6. The topological polar surface area (TPSA) is 61.9 Å². The van der Waals surface area contributed by atoms with E-state index in [0.717, 1.165) is 37.5 Å². The predicted octanol–water partition coefficient (Wildman–Crippen LogP) is 4.30. The molecule has 1 aliphatic rings. The van der Waals surface area contributed by atoms with Crippen LogP contribution in [0.3, 0.4) is 0 Å². The van der Waals surface area contributed by atoms with Crippen molar-refractivity contribution in [2.24, 2.45) is 0 Å². The zero-order chi connectivity index (χ0) is 23.4. The van der Waals surface area contributed by atoms with Crippen molar-refractivity contribution in [1.82, 2.24) is 9.62 Å². The van der Waals surface area contributed by atoms with Gasteiger partial charge in [-0.25, -0.2) is 13.1 Å². The maximum atomic E-state index is 13.1. The highest BCUT2D eigenvalue weighted by Crippen LogP contribution is 2.31. The van der Waals surface area contributed by atoms with E-state index in [1.165, 1.54) is 10.6 Å². The lowest BCUT2D eigenvalue weighted by Gasteiger charge is -2.42. The second kappa shape index (κ2) is 10.3. The molecule has 33 heavy (non-hydrogen) atoms. The van der Waals surface area contributed by atoms with E-state index in [9.17, 15) is 8.42 Å². The average molecular weight is 486 g/mol. The Bertz CT molecular complexity index is 1120. The number of hydrogen-bond donors (Lipinski definition) is 1. The van der Waals surface area contributed by atoms with Crippen LogP contribution in [-0.2, 0) is 10.0 Å². The molecular formula is C25H31N3O3S2. The van der Waals surface area contributed by atoms with Gasteiger partial charge in [0.1, 0.15) is 5.75 Å². The highest BCUT2D eigenvalue weighted by atomic mass is 32.2. The Labute approximate surface area is 200 Å². The fourth-order valence-electron chi connectivity index (χ4n) is 4.35. The lowest BCUT2D eigenvalue weighted by Crippen LogP contribution is -2.52. The molecule has 1 N–H and O–H groups in total. The number of piperazine rings is 1. The van der Waals surface area contributed by atoms with Crippen molar-refractivity contribution in [2.75, 3.05) is 38.2 Å². The molecule has 0 amide bonds. The Hall–Kier alpha value is -2.39. The van der Waals surface area contributed by atoms with Gasteiger partial charge < -0.3 is 9.64 Å². The number of nitrogens with one attached hydrogen (secondary N) is 1. The van der Waals surface area contributed by atoms with E-state index in [1.54, 1.807) is 30.6 Å². The van der Waals surface area contributed by atoms with Crippen LogP contribution in [0.25, 0.3) is 0 Å². The average Bonchev–Trinajstić information content (AvgIpc) is 3.34. The molecule has 0 saturated carbocycles. The summed E-state index contributed by atoms with van der Waals surface area (Å²) in [5.74, 6) is 0.852. The first-order chi connectivity index (χ1) is 15.9. The Balaban J connectivity index is 1.48. The van der Waals surface area contributed by atoms with Crippen molar-refractivity contribution in [1.29, 1.82) is 0 Å². The zero-order valence-electron chi connectivity index (χ0n) is 19.3. The largest absolute Gasteiger partial charge is 0.497 e. The maximum absolute atomic E-state index is 13.1. The molecule has 4 rings (SSSR count). The second-order valence-corrected chi connectivity index (χ2v) is 11.1. The van der Waals surface area contributed by atoms with Gasteiger partial charge in [0, 0.05) is 42.8 Å². The van der Waals surface area contributed by atoms with Crippen LogP contribution in [0, 0.1) is 6.92 Å². The van der Waals surface area contributed by atoms with Gasteiger partial charge in [-0.1, -0.05) is 23.8 Å². The SMILES string of the molecule is COc1ccc(N2CCN([C@@H](c3cccs3)[C@@H](C)NS(=O)(=O)c3ccc(C)cc3)CC2)cc1. The van der Waals surface area contributed by atoms with Crippen LogP contribution in [0.5, 0.6) is 5.75 Å². The number of anilines is 1. The van der Waals surface area contributed by atoms with Crippen LogP contribution < -0.4 is 14.4 Å². The molecule has 1 aliphatic heterocycles.